The molecule has 1 saturated carbocycles. The minimum Gasteiger partial charge on any atom is -0.372 e. The molecule has 6 aromatic rings. The lowest BCUT2D eigenvalue weighted by atomic mass is 10.0. The molecule has 0 unspecified atom stereocenters. The van der Waals surface area contributed by atoms with Crippen molar-refractivity contribution in [3.05, 3.63) is 112 Å². The molecule has 8 heteroatoms. The zero-order valence-electron chi connectivity index (χ0n) is 20.1. The van der Waals surface area contributed by atoms with Gasteiger partial charge in [-0.15, -0.1) is 0 Å². The summed E-state index contributed by atoms with van der Waals surface area (Å²) in [5.41, 5.74) is 5.69. The Labute approximate surface area is 222 Å². The van der Waals surface area contributed by atoms with Gasteiger partial charge in [0.2, 0.25) is 0 Å². The first-order valence-electron chi connectivity index (χ1n) is 12.3. The molecule has 4 heterocycles. The van der Waals surface area contributed by atoms with Gasteiger partial charge in [-0.3, -0.25) is 14.8 Å². The molecular formula is C30H21ClN6O. The van der Waals surface area contributed by atoms with Gasteiger partial charge in [-0.25, -0.2) is 9.97 Å². The summed E-state index contributed by atoms with van der Waals surface area (Å²) in [4.78, 5) is 34.7. The number of hydrogen-bond donors (Lipinski definition) is 2. The van der Waals surface area contributed by atoms with Gasteiger partial charge in [0.05, 0.1) is 38.8 Å². The number of H-pyrrole nitrogens is 1. The molecule has 38 heavy (non-hydrogen) atoms. The quantitative estimate of drug-likeness (QED) is 0.277. The predicted octanol–water partition coefficient (Wildman–Crippen LogP) is 6.35. The van der Waals surface area contributed by atoms with Crippen molar-refractivity contribution in [3.63, 3.8) is 0 Å². The fourth-order valence-electron chi connectivity index (χ4n) is 4.91. The van der Waals surface area contributed by atoms with Crippen molar-refractivity contribution in [3.8, 4) is 22.5 Å². The standard InChI is InChI=1S/C30H21ClN6O/c31-21-16-20(15-19-9-6-14-33-25(19)21)27-26(18-7-2-1-3-8-18)36-29-28(35-27)22(17-24(38)34-29)37-30(11-12-30)23-10-4-5-13-32-23/h1-10,13-17H,11-12H2,(H2,34,36,37,38). The fraction of sp³-hybridized carbons (Fsp3) is 0.100. The van der Waals surface area contributed by atoms with Gasteiger partial charge in [0.1, 0.15) is 5.52 Å². The van der Waals surface area contributed by atoms with E-state index in [1.165, 1.54) is 0 Å². The first-order valence-corrected chi connectivity index (χ1v) is 12.7. The van der Waals surface area contributed by atoms with Crippen LogP contribution in [0, 0.1) is 0 Å². The van der Waals surface area contributed by atoms with Crippen molar-refractivity contribution in [2.24, 2.45) is 0 Å². The zero-order chi connectivity index (χ0) is 25.7. The van der Waals surface area contributed by atoms with Crippen LogP contribution in [0.15, 0.2) is 96.1 Å². The Balaban J connectivity index is 1.47. The Bertz CT molecular complexity index is 1890. The molecule has 4 aromatic heterocycles. The topological polar surface area (TPSA) is 96.5 Å². The first kappa shape index (κ1) is 22.6. The van der Waals surface area contributed by atoms with Crippen molar-refractivity contribution in [2.75, 3.05) is 5.32 Å². The van der Waals surface area contributed by atoms with E-state index in [1.807, 2.05) is 72.8 Å². The number of anilines is 1. The van der Waals surface area contributed by atoms with Crippen LogP contribution in [0.3, 0.4) is 0 Å². The number of pyridine rings is 3. The SMILES string of the molecule is O=c1cc(NC2(c3ccccn3)CC2)c2nc(-c3cc(Cl)c4ncccc4c3)c(-c3ccccc3)nc2[nH]1. The monoisotopic (exact) mass is 516 g/mol. The van der Waals surface area contributed by atoms with Crippen LogP contribution in [0.25, 0.3) is 44.6 Å². The highest BCUT2D eigenvalue weighted by molar-refractivity contribution is 6.35. The minimum absolute atomic E-state index is 0.252. The molecule has 0 spiro atoms. The summed E-state index contributed by atoms with van der Waals surface area (Å²) in [5, 5.41) is 5.03. The van der Waals surface area contributed by atoms with E-state index in [2.05, 4.69) is 20.3 Å². The molecule has 1 fully saturated rings. The second-order valence-electron chi connectivity index (χ2n) is 9.49. The van der Waals surface area contributed by atoms with Crippen molar-refractivity contribution in [2.45, 2.75) is 18.4 Å². The van der Waals surface area contributed by atoms with Crippen LogP contribution in [-0.2, 0) is 5.54 Å². The van der Waals surface area contributed by atoms with Gasteiger partial charge in [-0.1, -0.05) is 54.1 Å². The van der Waals surface area contributed by atoms with Crippen LogP contribution in [0.2, 0.25) is 5.02 Å². The molecule has 1 aliphatic rings. The maximum atomic E-state index is 12.7. The highest BCUT2D eigenvalue weighted by Gasteiger charge is 2.46. The number of halogens is 1. The van der Waals surface area contributed by atoms with Gasteiger partial charge < -0.3 is 10.3 Å². The zero-order valence-corrected chi connectivity index (χ0v) is 20.9. The summed E-state index contributed by atoms with van der Waals surface area (Å²) >= 11 is 6.67. The summed E-state index contributed by atoms with van der Waals surface area (Å²) in [5.74, 6) is 0. The Kier molecular flexibility index (Phi) is 5.19. The molecule has 0 aliphatic heterocycles. The van der Waals surface area contributed by atoms with E-state index in [0.717, 1.165) is 40.6 Å². The number of hydrogen-bond acceptors (Lipinski definition) is 6. The van der Waals surface area contributed by atoms with E-state index < -0.39 is 0 Å². The molecule has 2 aromatic carbocycles. The molecule has 7 nitrogen and oxygen atoms in total. The summed E-state index contributed by atoms with van der Waals surface area (Å²) in [6.45, 7) is 0. The number of nitrogens with zero attached hydrogens (tertiary/aromatic N) is 4. The van der Waals surface area contributed by atoms with Crippen LogP contribution in [-0.4, -0.2) is 24.9 Å². The number of rotatable bonds is 5. The highest BCUT2D eigenvalue weighted by Crippen LogP contribution is 2.48. The Morgan fingerprint density at radius 2 is 1.58 bits per heavy atom. The van der Waals surface area contributed by atoms with Crippen molar-refractivity contribution in [1.29, 1.82) is 0 Å². The van der Waals surface area contributed by atoms with E-state index >= 15 is 0 Å². The fourth-order valence-corrected chi connectivity index (χ4v) is 5.19. The third-order valence-corrected chi connectivity index (χ3v) is 7.21. The van der Waals surface area contributed by atoms with Crippen molar-refractivity contribution >= 4 is 39.4 Å². The average Bonchev–Trinajstić information content (AvgIpc) is 3.74. The lowest BCUT2D eigenvalue weighted by molar-refractivity contribution is 0.769. The molecule has 1 aliphatic carbocycles. The van der Waals surface area contributed by atoms with E-state index in [1.54, 1.807) is 18.5 Å². The summed E-state index contributed by atoms with van der Waals surface area (Å²) in [7, 11) is 0. The number of benzene rings is 2. The number of aromatic amines is 1. The minimum atomic E-state index is -0.333. The van der Waals surface area contributed by atoms with Gasteiger partial charge >= 0.3 is 0 Å². The third-order valence-electron chi connectivity index (χ3n) is 6.93. The number of aromatic nitrogens is 5. The molecule has 0 saturated heterocycles. The predicted molar refractivity (Wildman–Crippen MR) is 150 cm³/mol. The third kappa shape index (κ3) is 3.88. The molecule has 2 N–H and O–H groups in total. The van der Waals surface area contributed by atoms with Gasteiger partial charge in [-0.05, 0) is 43.2 Å². The summed E-state index contributed by atoms with van der Waals surface area (Å²) in [6.07, 6.45) is 5.33. The maximum Gasteiger partial charge on any atom is 0.251 e. The second kappa shape index (κ2) is 8.75. The van der Waals surface area contributed by atoms with Gasteiger partial charge in [0, 0.05) is 35.0 Å². The van der Waals surface area contributed by atoms with E-state index in [4.69, 9.17) is 21.6 Å². The smallest absolute Gasteiger partial charge is 0.251 e. The number of fused-ring (bicyclic) bond motifs is 2. The molecule has 0 atom stereocenters. The van der Waals surface area contributed by atoms with Gasteiger partial charge in [0.25, 0.3) is 5.56 Å². The van der Waals surface area contributed by atoms with Crippen LogP contribution >= 0.6 is 11.6 Å². The Hall–Kier alpha value is -4.62. The van der Waals surface area contributed by atoms with Crippen molar-refractivity contribution in [1.82, 2.24) is 24.9 Å². The largest absolute Gasteiger partial charge is 0.372 e. The van der Waals surface area contributed by atoms with Crippen molar-refractivity contribution < 1.29 is 0 Å². The Morgan fingerprint density at radius 1 is 0.789 bits per heavy atom. The normalized spacial score (nSPS) is 14.0. The highest BCUT2D eigenvalue weighted by atomic mass is 35.5. The second-order valence-corrected chi connectivity index (χ2v) is 9.89. The van der Waals surface area contributed by atoms with Gasteiger partial charge in [-0.2, -0.15) is 0 Å². The average molecular weight is 517 g/mol. The lowest BCUT2D eigenvalue weighted by Crippen LogP contribution is -2.22. The molecule has 0 bridgehead atoms. The van der Waals surface area contributed by atoms with Crippen LogP contribution in [0.5, 0.6) is 0 Å². The molecular weight excluding hydrogens is 496 g/mol. The van der Waals surface area contributed by atoms with E-state index in [-0.39, 0.29) is 11.1 Å². The number of nitrogens with one attached hydrogen (secondary N) is 2. The molecule has 0 amide bonds. The Morgan fingerprint density at radius 3 is 2.37 bits per heavy atom. The van der Waals surface area contributed by atoms with Crippen LogP contribution < -0.4 is 10.9 Å². The van der Waals surface area contributed by atoms with E-state index in [9.17, 15) is 4.79 Å². The van der Waals surface area contributed by atoms with Gasteiger partial charge in [0.15, 0.2) is 5.65 Å². The van der Waals surface area contributed by atoms with E-state index in [0.29, 0.717) is 33.3 Å². The van der Waals surface area contributed by atoms with Crippen LogP contribution in [0.4, 0.5) is 5.69 Å². The molecule has 184 valence electrons. The molecule has 0 radical (unpaired) electrons. The first-order chi connectivity index (χ1) is 18.6. The lowest BCUT2D eigenvalue weighted by Gasteiger charge is -2.20. The molecule has 7 rings (SSSR count). The van der Waals surface area contributed by atoms with Crippen LogP contribution in [0.1, 0.15) is 18.5 Å². The summed E-state index contributed by atoms with van der Waals surface area (Å²) in [6, 6.07) is 25.0. The summed E-state index contributed by atoms with van der Waals surface area (Å²) < 4.78 is 0. The maximum absolute atomic E-state index is 12.7.